The van der Waals surface area contributed by atoms with Crippen LogP contribution >= 0.6 is 0 Å². The first-order chi connectivity index (χ1) is 10.4. The number of nitrogens with one attached hydrogen (secondary N) is 2. The van der Waals surface area contributed by atoms with Crippen LogP contribution in [0.1, 0.15) is 56.5 Å². The van der Waals surface area contributed by atoms with E-state index in [0.29, 0.717) is 6.04 Å². The third kappa shape index (κ3) is 3.14. The van der Waals surface area contributed by atoms with E-state index in [4.69, 9.17) is 0 Å². The lowest BCUT2D eigenvalue weighted by atomic mass is 9.91. The Bertz CT molecular complexity index is 708. The fraction of sp³-hybridized carbons (Fsp3) is 0.529. The lowest BCUT2D eigenvalue weighted by Crippen LogP contribution is -2.27. The van der Waals surface area contributed by atoms with Gasteiger partial charge in [-0.15, -0.1) is 0 Å². The smallest absolute Gasteiger partial charge is 0.248 e. The van der Waals surface area contributed by atoms with Crippen LogP contribution in [0.3, 0.4) is 0 Å². The van der Waals surface area contributed by atoms with Crippen LogP contribution in [0, 0.1) is 0 Å². The minimum absolute atomic E-state index is 0.00847. The van der Waals surface area contributed by atoms with Crippen LogP contribution in [0.5, 0.6) is 0 Å². The highest BCUT2D eigenvalue weighted by atomic mass is 16.1. The Kier molecular flexibility index (Phi) is 3.91. The minimum atomic E-state index is -0.00847. The zero-order valence-corrected chi connectivity index (χ0v) is 13.5. The summed E-state index contributed by atoms with van der Waals surface area (Å²) in [5.41, 5.74) is 3.50. The molecule has 1 atom stereocenters. The van der Waals surface area contributed by atoms with E-state index in [2.05, 4.69) is 42.4 Å². The molecule has 1 aliphatic carbocycles. The van der Waals surface area contributed by atoms with Crippen LogP contribution in [0.2, 0.25) is 0 Å². The molecule has 0 saturated carbocycles. The number of aromatic amines is 1. The van der Waals surface area contributed by atoms with Crippen molar-refractivity contribution in [3.8, 4) is 0 Å². The Hall–Kier alpha value is -1.88. The minimum Gasteiger partial charge on any atom is -0.326 e. The van der Waals surface area contributed by atoms with E-state index in [0.717, 1.165) is 31.5 Å². The maximum atomic E-state index is 11.4. The Morgan fingerprint density at radius 3 is 2.95 bits per heavy atom. The van der Waals surface area contributed by atoms with Crippen LogP contribution < -0.4 is 10.9 Å². The number of hydrogen-bond donors (Lipinski definition) is 2. The normalized spacial score (nSPS) is 18.2. The van der Waals surface area contributed by atoms with Gasteiger partial charge < -0.3 is 10.3 Å². The molecule has 0 aromatic carbocycles. The molecular formula is C17H24N4O. The summed E-state index contributed by atoms with van der Waals surface area (Å²) in [7, 11) is 0. The maximum Gasteiger partial charge on any atom is 0.248 e. The predicted molar refractivity (Wildman–Crippen MR) is 86.8 cm³/mol. The highest BCUT2D eigenvalue weighted by molar-refractivity contribution is 5.26. The van der Waals surface area contributed by atoms with Crippen LogP contribution in [-0.4, -0.2) is 14.8 Å². The monoisotopic (exact) mass is 300 g/mol. The zero-order chi connectivity index (χ0) is 15.7. The molecule has 1 aliphatic rings. The van der Waals surface area contributed by atoms with E-state index >= 15 is 0 Å². The Morgan fingerprint density at radius 2 is 2.23 bits per heavy atom. The quantitative estimate of drug-likeness (QED) is 0.915. The fourth-order valence-electron chi connectivity index (χ4n) is 2.97. The van der Waals surface area contributed by atoms with Gasteiger partial charge in [0.1, 0.15) is 0 Å². The number of H-pyrrole nitrogens is 1. The van der Waals surface area contributed by atoms with Crippen molar-refractivity contribution in [3.05, 3.63) is 51.7 Å². The van der Waals surface area contributed by atoms with Gasteiger partial charge in [0.2, 0.25) is 5.56 Å². The first kappa shape index (κ1) is 15.0. The molecular weight excluding hydrogens is 276 g/mol. The summed E-state index contributed by atoms with van der Waals surface area (Å²) >= 11 is 0. The van der Waals surface area contributed by atoms with E-state index in [1.54, 1.807) is 6.07 Å². The Balaban J connectivity index is 1.70. The highest BCUT2D eigenvalue weighted by Crippen LogP contribution is 2.27. The summed E-state index contributed by atoms with van der Waals surface area (Å²) in [5, 5.41) is 8.04. The van der Waals surface area contributed by atoms with E-state index < -0.39 is 0 Å². The molecule has 0 spiro atoms. The third-order valence-corrected chi connectivity index (χ3v) is 4.21. The largest absolute Gasteiger partial charge is 0.326 e. The summed E-state index contributed by atoms with van der Waals surface area (Å²) < 4.78 is 2.00. The Labute approximate surface area is 130 Å². The molecule has 5 heteroatoms. The molecule has 118 valence electrons. The molecule has 0 bridgehead atoms. The van der Waals surface area contributed by atoms with Gasteiger partial charge in [-0.05, 0) is 45.6 Å². The number of nitrogens with zero attached hydrogens (tertiary/aromatic N) is 2. The van der Waals surface area contributed by atoms with Crippen molar-refractivity contribution in [2.24, 2.45) is 0 Å². The van der Waals surface area contributed by atoms with Crippen molar-refractivity contribution in [3.63, 3.8) is 0 Å². The van der Waals surface area contributed by atoms with Crippen molar-refractivity contribution in [1.29, 1.82) is 0 Å². The van der Waals surface area contributed by atoms with Gasteiger partial charge in [0.15, 0.2) is 0 Å². The molecule has 2 heterocycles. The molecule has 0 fully saturated rings. The summed E-state index contributed by atoms with van der Waals surface area (Å²) in [6.07, 6.45) is 7.20. The maximum absolute atomic E-state index is 11.4. The summed E-state index contributed by atoms with van der Waals surface area (Å²) in [6, 6.07) is 3.89. The average Bonchev–Trinajstić information content (AvgIpc) is 2.93. The number of aromatic nitrogens is 3. The first-order valence-electron chi connectivity index (χ1n) is 7.93. The zero-order valence-electron chi connectivity index (χ0n) is 13.5. The van der Waals surface area contributed by atoms with Crippen LogP contribution in [0.4, 0.5) is 0 Å². The van der Waals surface area contributed by atoms with Crippen molar-refractivity contribution in [1.82, 2.24) is 20.1 Å². The van der Waals surface area contributed by atoms with Gasteiger partial charge in [-0.1, -0.05) is 6.07 Å². The number of rotatable bonds is 3. The van der Waals surface area contributed by atoms with Crippen LogP contribution in [0.25, 0.3) is 0 Å². The topological polar surface area (TPSA) is 62.7 Å². The second-order valence-corrected chi connectivity index (χ2v) is 7.05. The Morgan fingerprint density at radius 1 is 1.41 bits per heavy atom. The number of pyridine rings is 1. The van der Waals surface area contributed by atoms with Crippen molar-refractivity contribution >= 4 is 0 Å². The number of fused-ring (bicyclic) bond motifs is 1. The molecule has 0 radical (unpaired) electrons. The molecule has 0 unspecified atom stereocenters. The van der Waals surface area contributed by atoms with E-state index in [9.17, 15) is 4.79 Å². The van der Waals surface area contributed by atoms with Gasteiger partial charge in [0.05, 0.1) is 11.7 Å². The van der Waals surface area contributed by atoms with Gasteiger partial charge in [-0.3, -0.25) is 9.48 Å². The standard InChI is InChI=1S/C17H24N4O/c1-17(2,3)21-11-12(10-19-21)9-18-14-5-4-6-15-13(14)7-8-16(22)20-15/h7-8,10-11,14,18H,4-6,9H2,1-3H3,(H,20,22)/t14-/m1/s1. The third-order valence-electron chi connectivity index (χ3n) is 4.21. The molecule has 0 saturated heterocycles. The molecule has 3 rings (SSSR count). The first-order valence-corrected chi connectivity index (χ1v) is 7.93. The second-order valence-electron chi connectivity index (χ2n) is 7.05. The van der Waals surface area contributed by atoms with Crippen molar-refractivity contribution in [2.75, 3.05) is 0 Å². The van der Waals surface area contributed by atoms with Gasteiger partial charge in [-0.2, -0.15) is 5.10 Å². The highest BCUT2D eigenvalue weighted by Gasteiger charge is 2.21. The molecule has 2 aromatic rings. The average molecular weight is 300 g/mol. The van der Waals surface area contributed by atoms with Crippen molar-refractivity contribution in [2.45, 2.75) is 58.2 Å². The van der Waals surface area contributed by atoms with Gasteiger partial charge in [0, 0.05) is 36.1 Å². The van der Waals surface area contributed by atoms with E-state index in [-0.39, 0.29) is 11.1 Å². The van der Waals surface area contributed by atoms with Gasteiger partial charge in [0.25, 0.3) is 0 Å². The summed E-state index contributed by atoms with van der Waals surface area (Å²) in [6.45, 7) is 7.22. The number of aryl methyl sites for hydroxylation is 1. The van der Waals surface area contributed by atoms with E-state index in [1.165, 1.54) is 11.1 Å². The lowest BCUT2D eigenvalue weighted by molar-refractivity contribution is 0.355. The molecule has 22 heavy (non-hydrogen) atoms. The predicted octanol–water partition coefficient (Wildman–Crippen LogP) is 2.49. The fourth-order valence-corrected chi connectivity index (χ4v) is 2.97. The molecule has 0 aliphatic heterocycles. The molecule has 0 amide bonds. The van der Waals surface area contributed by atoms with Crippen LogP contribution in [0.15, 0.2) is 29.3 Å². The summed E-state index contributed by atoms with van der Waals surface area (Å²) in [4.78, 5) is 14.4. The molecule has 5 nitrogen and oxygen atoms in total. The molecule has 2 aromatic heterocycles. The number of hydrogen-bond acceptors (Lipinski definition) is 3. The van der Waals surface area contributed by atoms with Crippen LogP contribution in [-0.2, 0) is 18.5 Å². The second kappa shape index (κ2) is 5.72. The van der Waals surface area contributed by atoms with Gasteiger partial charge in [-0.25, -0.2) is 0 Å². The SMILES string of the molecule is CC(C)(C)n1cc(CN[C@@H]2CCCc3[nH]c(=O)ccc32)cn1. The van der Waals surface area contributed by atoms with Crippen molar-refractivity contribution < 1.29 is 0 Å². The lowest BCUT2D eigenvalue weighted by Gasteiger charge is -2.25. The van der Waals surface area contributed by atoms with Gasteiger partial charge >= 0.3 is 0 Å². The molecule has 2 N–H and O–H groups in total. The van der Waals surface area contributed by atoms with E-state index in [1.807, 2.05) is 16.9 Å². The summed E-state index contributed by atoms with van der Waals surface area (Å²) in [5.74, 6) is 0.